The van der Waals surface area contributed by atoms with Crippen LogP contribution in [0, 0.1) is 0 Å². The average molecular weight is 339 g/mol. The van der Waals surface area contributed by atoms with Crippen LogP contribution in [-0.4, -0.2) is 55.3 Å². The van der Waals surface area contributed by atoms with Crippen molar-refractivity contribution < 1.29 is 23.5 Å². The van der Waals surface area contributed by atoms with Crippen molar-refractivity contribution in [3.05, 3.63) is 17.8 Å². The molecule has 0 spiro atoms. The number of urea groups is 1. The third-order valence-corrected chi connectivity index (χ3v) is 4.06. The second-order valence-corrected chi connectivity index (χ2v) is 5.82. The molecule has 8 heteroatoms. The van der Waals surface area contributed by atoms with Crippen LogP contribution in [0.5, 0.6) is 0 Å². The van der Waals surface area contributed by atoms with Gasteiger partial charge in [-0.15, -0.1) is 0 Å². The Kier molecular flexibility index (Phi) is 7.05. The number of amides is 2. The molecule has 134 valence electrons. The number of hydrogen-bond acceptors (Lipinski definition) is 6. The third-order valence-electron chi connectivity index (χ3n) is 4.06. The maximum atomic E-state index is 12.5. The van der Waals surface area contributed by atoms with E-state index in [9.17, 15) is 9.59 Å². The summed E-state index contributed by atoms with van der Waals surface area (Å²) in [7, 11) is 2.86. The van der Waals surface area contributed by atoms with Gasteiger partial charge in [-0.05, 0) is 12.8 Å². The fourth-order valence-corrected chi connectivity index (χ4v) is 2.71. The summed E-state index contributed by atoms with van der Waals surface area (Å²) in [5.74, 6) is -0.287. The van der Waals surface area contributed by atoms with Gasteiger partial charge in [0.1, 0.15) is 6.26 Å². The van der Waals surface area contributed by atoms with Gasteiger partial charge in [0, 0.05) is 19.7 Å². The predicted octanol–water partition coefficient (Wildman–Crippen LogP) is 1.95. The number of esters is 1. The van der Waals surface area contributed by atoms with Crippen molar-refractivity contribution in [2.24, 2.45) is 0 Å². The normalized spacial score (nSPS) is 15.1. The second-order valence-electron chi connectivity index (χ2n) is 5.82. The highest BCUT2D eigenvalue weighted by Crippen LogP contribution is 2.18. The van der Waals surface area contributed by atoms with E-state index < -0.39 is 5.97 Å². The molecule has 1 aliphatic rings. The lowest BCUT2D eigenvalue weighted by Crippen LogP contribution is -2.46. The lowest BCUT2D eigenvalue weighted by atomic mass is 9.96. The van der Waals surface area contributed by atoms with Gasteiger partial charge in [0.05, 0.1) is 20.3 Å². The largest absolute Gasteiger partial charge is 0.464 e. The quantitative estimate of drug-likeness (QED) is 0.763. The molecule has 1 heterocycles. The van der Waals surface area contributed by atoms with E-state index in [0.29, 0.717) is 13.2 Å². The summed E-state index contributed by atoms with van der Waals surface area (Å²) >= 11 is 0. The van der Waals surface area contributed by atoms with Gasteiger partial charge in [-0.1, -0.05) is 19.3 Å². The van der Waals surface area contributed by atoms with E-state index in [2.05, 4.69) is 15.0 Å². The molecule has 8 nitrogen and oxygen atoms in total. The zero-order valence-corrected chi connectivity index (χ0v) is 14.2. The summed E-state index contributed by atoms with van der Waals surface area (Å²) in [6.07, 6.45) is 6.77. The standard InChI is InChI=1S/C16H25N3O5/c1-22-9-8-19(16(21)17-12-6-4-3-5-7-12)10-14-18-13(11-24-14)15(20)23-2/h11-12H,3-10H2,1-2H3,(H,17,21). The Morgan fingerprint density at radius 1 is 1.33 bits per heavy atom. The number of rotatable bonds is 7. The van der Waals surface area contributed by atoms with E-state index in [0.717, 1.165) is 25.7 Å². The number of aromatic nitrogens is 1. The van der Waals surface area contributed by atoms with Gasteiger partial charge in [0.2, 0.25) is 5.89 Å². The molecule has 1 saturated carbocycles. The minimum Gasteiger partial charge on any atom is -0.464 e. The molecule has 0 aliphatic heterocycles. The van der Waals surface area contributed by atoms with Crippen LogP contribution in [0.2, 0.25) is 0 Å². The van der Waals surface area contributed by atoms with Crippen LogP contribution in [0.15, 0.2) is 10.7 Å². The summed E-state index contributed by atoms with van der Waals surface area (Å²) < 4.78 is 14.9. The molecule has 24 heavy (non-hydrogen) atoms. The minimum absolute atomic E-state index is 0.0897. The van der Waals surface area contributed by atoms with E-state index in [1.165, 1.54) is 19.8 Å². The molecular formula is C16H25N3O5. The molecule has 1 fully saturated rings. The number of oxazole rings is 1. The lowest BCUT2D eigenvalue weighted by Gasteiger charge is -2.27. The maximum absolute atomic E-state index is 12.5. The summed E-state index contributed by atoms with van der Waals surface area (Å²) in [6.45, 7) is 0.979. The Labute approximate surface area is 141 Å². The van der Waals surface area contributed by atoms with E-state index in [-0.39, 0.29) is 30.2 Å². The highest BCUT2D eigenvalue weighted by Gasteiger charge is 2.22. The molecule has 0 bridgehead atoms. The molecule has 1 aromatic rings. The first-order valence-corrected chi connectivity index (χ1v) is 8.21. The van der Waals surface area contributed by atoms with Gasteiger partial charge < -0.3 is 24.1 Å². The van der Waals surface area contributed by atoms with Gasteiger partial charge in [-0.25, -0.2) is 14.6 Å². The van der Waals surface area contributed by atoms with E-state index >= 15 is 0 Å². The van der Waals surface area contributed by atoms with Crippen LogP contribution in [0.25, 0.3) is 0 Å². The highest BCUT2D eigenvalue weighted by atomic mass is 16.5. The van der Waals surface area contributed by atoms with Crippen molar-refractivity contribution in [2.75, 3.05) is 27.4 Å². The zero-order valence-electron chi connectivity index (χ0n) is 14.2. The van der Waals surface area contributed by atoms with Crippen LogP contribution in [0.3, 0.4) is 0 Å². The molecule has 1 aliphatic carbocycles. The van der Waals surface area contributed by atoms with Crippen molar-refractivity contribution in [3.8, 4) is 0 Å². The summed E-state index contributed by atoms with van der Waals surface area (Å²) in [5, 5.41) is 3.06. The number of nitrogens with zero attached hydrogens (tertiary/aromatic N) is 2. The van der Waals surface area contributed by atoms with Gasteiger partial charge >= 0.3 is 12.0 Å². The van der Waals surface area contributed by atoms with Gasteiger partial charge in [0.15, 0.2) is 5.69 Å². The predicted molar refractivity (Wildman–Crippen MR) is 85.5 cm³/mol. The molecule has 1 aromatic heterocycles. The number of carbonyl (C=O) groups is 2. The zero-order chi connectivity index (χ0) is 17.4. The number of nitrogens with one attached hydrogen (secondary N) is 1. The molecule has 0 radical (unpaired) electrons. The van der Waals surface area contributed by atoms with Crippen molar-refractivity contribution in [1.82, 2.24) is 15.2 Å². The van der Waals surface area contributed by atoms with Crippen LogP contribution < -0.4 is 5.32 Å². The molecule has 0 aromatic carbocycles. The second kappa shape index (κ2) is 9.27. The molecule has 0 saturated heterocycles. The molecular weight excluding hydrogens is 314 g/mol. The van der Waals surface area contributed by atoms with E-state index in [4.69, 9.17) is 9.15 Å². The maximum Gasteiger partial charge on any atom is 0.360 e. The van der Waals surface area contributed by atoms with Crippen molar-refractivity contribution in [1.29, 1.82) is 0 Å². The summed E-state index contributed by atoms with van der Waals surface area (Å²) in [6, 6.07) is 0.0447. The Bertz CT molecular complexity index is 540. The topological polar surface area (TPSA) is 93.9 Å². The first kappa shape index (κ1) is 18.3. The number of ether oxygens (including phenoxy) is 2. The fourth-order valence-electron chi connectivity index (χ4n) is 2.71. The lowest BCUT2D eigenvalue weighted by molar-refractivity contribution is 0.0594. The van der Waals surface area contributed by atoms with Crippen LogP contribution in [0.4, 0.5) is 4.79 Å². The Morgan fingerprint density at radius 2 is 2.08 bits per heavy atom. The first-order chi connectivity index (χ1) is 11.6. The Morgan fingerprint density at radius 3 is 2.75 bits per heavy atom. The molecule has 1 N–H and O–H groups in total. The Balaban J connectivity index is 1.97. The fraction of sp³-hybridized carbons (Fsp3) is 0.688. The number of methoxy groups -OCH3 is 2. The molecule has 2 amide bonds. The highest BCUT2D eigenvalue weighted by molar-refractivity contribution is 5.86. The van der Waals surface area contributed by atoms with Crippen LogP contribution in [0.1, 0.15) is 48.5 Å². The van der Waals surface area contributed by atoms with Gasteiger partial charge in [-0.2, -0.15) is 0 Å². The number of carbonyl (C=O) groups excluding carboxylic acids is 2. The first-order valence-electron chi connectivity index (χ1n) is 8.21. The monoisotopic (exact) mass is 339 g/mol. The van der Waals surface area contributed by atoms with E-state index in [1.807, 2.05) is 0 Å². The smallest absolute Gasteiger partial charge is 0.360 e. The van der Waals surface area contributed by atoms with Crippen molar-refractivity contribution in [3.63, 3.8) is 0 Å². The molecule has 0 unspecified atom stereocenters. The van der Waals surface area contributed by atoms with Crippen molar-refractivity contribution in [2.45, 2.75) is 44.7 Å². The summed E-state index contributed by atoms with van der Waals surface area (Å²) in [4.78, 5) is 29.6. The Hall–Kier alpha value is -2.09. The van der Waals surface area contributed by atoms with Gasteiger partial charge in [0.25, 0.3) is 0 Å². The minimum atomic E-state index is -0.569. The van der Waals surface area contributed by atoms with Gasteiger partial charge in [-0.3, -0.25) is 0 Å². The number of hydrogen-bond donors (Lipinski definition) is 1. The van der Waals surface area contributed by atoms with Crippen LogP contribution >= 0.6 is 0 Å². The van der Waals surface area contributed by atoms with Crippen LogP contribution in [-0.2, 0) is 16.0 Å². The third kappa shape index (κ3) is 5.23. The van der Waals surface area contributed by atoms with E-state index in [1.54, 1.807) is 12.0 Å². The SMILES string of the molecule is COCCN(Cc1nc(C(=O)OC)co1)C(=O)NC1CCCCC1. The average Bonchev–Trinajstić information content (AvgIpc) is 3.07. The summed E-state index contributed by atoms with van der Waals surface area (Å²) in [5.41, 5.74) is 0.0897. The van der Waals surface area contributed by atoms with Crippen molar-refractivity contribution >= 4 is 12.0 Å². The molecule has 0 atom stereocenters. The molecule has 2 rings (SSSR count).